The summed E-state index contributed by atoms with van der Waals surface area (Å²) in [6.07, 6.45) is 0. The fraction of sp³-hybridized carbons (Fsp3) is 0.200. The lowest BCUT2D eigenvalue weighted by atomic mass is 10.0. The number of benzene rings is 1. The Morgan fingerprint density at radius 2 is 1.88 bits per heavy atom. The molecule has 1 heterocycles. The molecule has 0 bridgehead atoms. The minimum absolute atomic E-state index is 0.158. The Balaban J connectivity index is 2.17. The van der Waals surface area contributed by atoms with Crippen molar-refractivity contribution >= 4 is 0 Å². The van der Waals surface area contributed by atoms with Crippen LogP contribution in [0.25, 0.3) is 11.3 Å². The SMILES string of the molecule is CC(C)c1cccc2n(Cc3ccc(F)cc3)c(=O)c(C#N)c-2c1. The van der Waals surface area contributed by atoms with Crippen LogP contribution in [0.2, 0.25) is 0 Å². The number of nitriles is 1. The van der Waals surface area contributed by atoms with Gasteiger partial charge in [0, 0.05) is 5.56 Å². The Bertz CT molecular complexity index is 949. The Hall–Kier alpha value is -2.93. The molecule has 3 nitrogen and oxygen atoms in total. The fourth-order valence-electron chi connectivity index (χ4n) is 2.82. The Morgan fingerprint density at radius 1 is 1.17 bits per heavy atom. The molecule has 0 saturated carbocycles. The van der Waals surface area contributed by atoms with E-state index in [9.17, 15) is 14.4 Å². The Morgan fingerprint density at radius 3 is 2.50 bits per heavy atom. The predicted molar refractivity (Wildman–Crippen MR) is 91.6 cm³/mol. The highest BCUT2D eigenvalue weighted by Gasteiger charge is 2.20. The molecular formula is C20H17FN2O. The first-order chi connectivity index (χ1) is 11.5. The molecular weight excluding hydrogens is 303 g/mol. The van der Waals surface area contributed by atoms with Crippen molar-refractivity contribution in [2.75, 3.05) is 0 Å². The molecule has 1 aliphatic heterocycles. The lowest BCUT2D eigenvalue weighted by molar-refractivity contribution is 0.626. The van der Waals surface area contributed by atoms with E-state index in [-0.39, 0.29) is 16.9 Å². The quantitative estimate of drug-likeness (QED) is 0.728. The van der Waals surface area contributed by atoms with E-state index in [1.54, 1.807) is 16.7 Å². The van der Waals surface area contributed by atoms with Crippen molar-refractivity contribution in [2.45, 2.75) is 26.3 Å². The van der Waals surface area contributed by atoms with Crippen LogP contribution in [0.5, 0.6) is 0 Å². The van der Waals surface area contributed by atoms with Crippen LogP contribution in [-0.4, -0.2) is 4.57 Å². The monoisotopic (exact) mass is 320 g/mol. The van der Waals surface area contributed by atoms with E-state index in [2.05, 4.69) is 13.8 Å². The highest BCUT2D eigenvalue weighted by Crippen LogP contribution is 2.27. The third-order valence-corrected chi connectivity index (χ3v) is 4.18. The average molecular weight is 320 g/mol. The molecule has 120 valence electrons. The van der Waals surface area contributed by atoms with Crippen molar-refractivity contribution in [3.05, 3.63) is 81.4 Å². The Labute approximate surface area is 139 Å². The molecule has 0 fully saturated rings. The molecule has 4 heteroatoms. The summed E-state index contributed by atoms with van der Waals surface area (Å²) in [6.45, 7) is 4.44. The maximum Gasteiger partial charge on any atom is 0.269 e. The highest BCUT2D eigenvalue weighted by atomic mass is 19.1. The zero-order valence-corrected chi connectivity index (χ0v) is 13.6. The van der Waals surface area contributed by atoms with Crippen LogP contribution in [0.1, 0.15) is 36.5 Å². The average Bonchev–Trinajstić information content (AvgIpc) is 2.71. The molecule has 1 aromatic rings. The van der Waals surface area contributed by atoms with E-state index < -0.39 is 0 Å². The first-order valence-electron chi connectivity index (χ1n) is 7.82. The second kappa shape index (κ2) is 6.29. The number of hydrogen-bond acceptors (Lipinski definition) is 2. The van der Waals surface area contributed by atoms with Crippen molar-refractivity contribution < 1.29 is 4.39 Å². The summed E-state index contributed by atoms with van der Waals surface area (Å²) in [5, 5.41) is 9.43. The normalized spacial score (nSPS) is 11.0. The molecule has 24 heavy (non-hydrogen) atoms. The minimum atomic E-state index is -0.316. The minimum Gasteiger partial charge on any atom is -0.303 e. The van der Waals surface area contributed by atoms with Crippen LogP contribution in [0.4, 0.5) is 4.39 Å². The van der Waals surface area contributed by atoms with Crippen molar-refractivity contribution in [3.63, 3.8) is 0 Å². The van der Waals surface area contributed by atoms with E-state index in [0.717, 1.165) is 11.1 Å². The zero-order chi connectivity index (χ0) is 17.3. The number of rotatable bonds is 3. The number of fused-ring (bicyclic) bond motifs is 1. The van der Waals surface area contributed by atoms with Crippen LogP contribution in [0.15, 0.2) is 53.3 Å². The number of halogens is 1. The van der Waals surface area contributed by atoms with Gasteiger partial charge in [-0.05, 0) is 41.3 Å². The van der Waals surface area contributed by atoms with Gasteiger partial charge in [-0.1, -0.05) is 38.1 Å². The highest BCUT2D eigenvalue weighted by molar-refractivity contribution is 5.70. The molecule has 0 amide bonds. The van der Waals surface area contributed by atoms with Crippen LogP contribution in [0.3, 0.4) is 0 Å². The van der Waals surface area contributed by atoms with Gasteiger partial charge in [0.25, 0.3) is 5.56 Å². The van der Waals surface area contributed by atoms with E-state index in [1.165, 1.54) is 12.1 Å². The molecule has 3 rings (SSSR count). The van der Waals surface area contributed by atoms with Crippen LogP contribution < -0.4 is 5.56 Å². The second-order valence-corrected chi connectivity index (χ2v) is 6.13. The summed E-state index contributed by atoms with van der Waals surface area (Å²) in [5.74, 6) is -0.0214. The molecule has 0 radical (unpaired) electrons. The molecule has 2 aliphatic rings. The van der Waals surface area contributed by atoms with Gasteiger partial charge in [0.15, 0.2) is 0 Å². The van der Waals surface area contributed by atoms with Crippen molar-refractivity contribution in [1.82, 2.24) is 4.57 Å². The summed E-state index contributed by atoms with van der Waals surface area (Å²) in [4.78, 5) is 12.6. The fourth-order valence-corrected chi connectivity index (χ4v) is 2.82. The first-order valence-corrected chi connectivity index (χ1v) is 7.82. The lowest BCUT2D eigenvalue weighted by Gasteiger charge is -2.06. The topological polar surface area (TPSA) is 45.8 Å². The van der Waals surface area contributed by atoms with Crippen LogP contribution >= 0.6 is 0 Å². The molecule has 0 N–H and O–H groups in total. The van der Waals surface area contributed by atoms with Gasteiger partial charge in [0.2, 0.25) is 0 Å². The maximum atomic E-state index is 13.1. The Kier molecular flexibility index (Phi) is 4.18. The summed E-state index contributed by atoms with van der Waals surface area (Å²) < 4.78 is 14.6. The largest absolute Gasteiger partial charge is 0.303 e. The zero-order valence-electron chi connectivity index (χ0n) is 13.6. The molecule has 0 atom stereocenters. The molecule has 1 aliphatic carbocycles. The van der Waals surface area contributed by atoms with E-state index >= 15 is 0 Å². The number of aromatic nitrogens is 1. The molecule has 0 saturated heterocycles. The van der Waals surface area contributed by atoms with Gasteiger partial charge in [-0.25, -0.2) is 4.39 Å². The smallest absolute Gasteiger partial charge is 0.269 e. The standard InChI is InChI=1S/C20H17FN2O/c1-13(2)15-4-3-5-19-17(10-15)18(11-22)20(24)23(19)12-14-6-8-16(21)9-7-14/h3-10,13H,12H2,1-2H3. The third kappa shape index (κ3) is 2.81. The van der Waals surface area contributed by atoms with Gasteiger partial charge in [-0.2, -0.15) is 5.26 Å². The predicted octanol–water partition coefficient (Wildman–Crippen LogP) is 4.14. The summed E-state index contributed by atoms with van der Waals surface area (Å²) in [5.41, 5.74) is 3.11. The van der Waals surface area contributed by atoms with Gasteiger partial charge in [-0.15, -0.1) is 0 Å². The maximum absolute atomic E-state index is 13.1. The summed E-state index contributed by atoms with van der Waals surface area (Å²) >= 11 is 0. The van der Waals surface area contributed by atoms with Crippen LogP contribution in [-0.2, 0) is 6.54 Å². The van der Waals surface area contributed by atoms with Crippen molar-refractivity contribution in [1.29, 1.82) is 5.26 Å². The summed E-state index contributed by atoms with van der Waals surface area (Å²) in [6, 6.07) is 15.7. The molecule has 0 spiro atoms. The van der Waals surface area contributed by atoms with Crippen molar-refractivity contribution in [2.24, 2.45) is 0 Å². The summed E-state index contributed by atoms with van der Waals surface area (Å²) in [7, 11) is 0. The van der Waals surface area contributed by atoms with E-state index in [0.29, 0.717) is 23.7 Å². The first kappa shape index (κ1) is 15.9. The molecule has 0 aromatic heterocycles. The van der Waals surface area contributed by atoms with Gasteiger partial charge < -0.3 is 4.57 Å². The molecule has 1 aromatic carbocycles. The van der Waals surface area contributed by atoms with Crippen LogP contribution in [0, 0.1) is 17.1 Å². The van der Waals surface area contributed by atoms with Gasteiger partial charge in [-0.3, -0.25) is 4.79 Å². The van der Waals surface area contributed by atoms with Gasteiger partial charge in [0.1, 0.15) is 17.4 Å². The second-order valence-electron chi connectivity index (χ2n) is 6.13. The van der Waals surface area contributed by atoms with Crippen molar-refractivity contribution in [3.8, 4) is 17.3 Å². The number of hydrogen-bond donors (Lipinski definition) is 0. The van der Waals surface area contributed by atoms with E-state index in [4.69, 9.17) is 0 Å². The van der Waals surface area contributed by atoms with E-state index in [1.807, 2.05) is 30.3 Å². The number of nitrogens with zero attached hydrogens (tertiary/aromatic N) is 2. The third-order valence-electron chi connectivity index (χ3n) is 4.18. The van der Waals surface area contributed by atoms with Gasteiger partial charge in [0.05, 0.1) is 12.2 Å². The lowest BCUT2D eigenvalue weighted by Crippen LogP contribution is -2.17. The van der Waals surface area contributed by atoms with Gasteiger partial charge >= 0.3 is 0 Å². The molecule has 0 unspecified atom stereocenters.